The first kappa shape index (κ1) is 20.7. The van der Waals surface area contributed by atoms with Gasteiger partial charge in [-0.05, 0) is 72.9 Å². The first-order chi connectivity index (χ1) is 14.0. The number of anilines is 1. The van der Waals surface area contributed by atoms with Crippen molar-refractivity contribution in [1.82, 2.24) is 5.32 Å². The maximum Gasteiger partial charge on any atom is 0.267 e. The molecule has 4 nitrogen and oxygen atoms in total. The second kappa shape index (κ2) is 9.43. The summed E-state index contributed by atoms with van der Waals surface area (Å²) in [6.45, 7) is 6.29. The van der Waals surface area contributed by atoms with Crippen molar-refractivity contribution >= 4 is 11.6 Å². The maximum atomic E-state index is 12.5. The summed E-state index contributed by atoms with van der Waals surface area (Å²) < 4.78 is 0. The van der Waals surface area contributed by atoms with Gasteiger partial charge in [-0.3, -0.25) is 4.79 Å². The highest BCUT2D eigenvalue weighted by atomic mass is 16.1. The third-order valence-electron chi connectivity index (χ3n) is 5.55. The largest absolute Gasteiger partial charge is 0.383 e. The van der Waals surface area contributed by atoms with Crippen LogP contribution in [-0.4, -0.2) is 5.91 Å². The predicted molar refractivity (Wildman–Crippen MR) is 117 cm³/mol. The summed E-state index contributed by atoms with van der Waals surface area (Å²) in [6, 6.07) is 16.3. The first-order valence-corrected chi connectivity index (χ1v) is 10.4. The van der Waals surface area contributed by atoms with E-state index in [-0.39, 0.29) is 11.6 Å². The molecule has 1 amide bonds. The molecule has 29 heavy (non-hydrogen) atoms. The Morgan fingerprint density at radius 1 is 1.00 bits per heavy atom. The number of carbonyl (C=O) groups is 1. The highest BCUT2D eigenvalue weighted by Gasteiger charge is 2.13. The van der Waals surface area contributed by atoms with E-state index in [0.717, 1.165) is 12.8 Å². The van der Waals surface area contributed by atoms with E-state index in [9.17, 15) is 10.1 Å². The molecule has 150 valence electrons. The van der Waals surface area contributed by atoms with Crippen LogP contribution in [0, 0.1) is 11.3 Å². The summed E-state index contributed by atoms with van der Waals surface area (Å²) >= 11 is 0. The van der Waals surface area contributed by atoms with E-state index in [2.05, 4.69) is 42.7 Å². The Bertz CT molecular complexity index is 936. The fourth-order valence-electron chi connectivity index (χ4n) is 3.63. The van der Waals surface area contributed by atoms with Gasteiger partial charge in [0.25, 0.3) is 5.91 Å². The van der Waals surface area contributed by atoms with Crippen LogP contribution in [-0.2, 0) is 17.6 Å². The molecule has 2 N–H and O–H groups in total. The number of nitrogens with zero attached hydrogens (tertiary/aromatic N) is 1. The van der Waals surface area contributed by atoms with Crippen LogP contribution in [0.5, 0.6) is 0 Å². The van der Waals surface area contributed by atoms with Crippen molar-refractivity contribution in [3.8, 4) is 6.07 Å². The van der Waals surface area contributed by atoms with Crippen molar-refractivity contribution in [2.24, 2.45) is 0 Å². The number of rotatable bonds is 6. The summed E-state index contributed by atoms with van der Waals surface area (Å²) in [5.74, 6) is 0.0264. The van der Waals surface area contributed by atoms with E-state index >= 15 is 0 Å². The van der Waals surface area contributed by atoms with E-state index in [0.29, 0.717) is 11.6 Å². The van der Waals surface area contributed by atoms with Crippen molar-refractivity contribution in [3.05, 3.63) is 76.5 Å². The second-order valence-electron chi connectivity index (χ2n) is 8.02. The fourth-order valence-corrected chi connectivity index (χ4v) is 3.63. The number of hydrogen-bond donors (Lipinski definition) is 2. The molecular weight excluding hydrogens is 358 g/mol. The van der Waals surface area contributed by atoms with Crippen molar-refractivity contribution in [1.29, 1.82) is 5.26 Å². The van der Waals surface area contributed by atoms with Gasteiger partial charge < -0.3 is 10.6 Å². The zero-order valence-electron chi connectivity index (χ0n) is 17.5. The summed E-state index contributed by atoms with van der Waals surface area (Å²) in [4.78, 5) is 12.5. The smallest absolute Gasteiger partial charge is 0.267 e. The van der Waals surface area contributed by atoms with E-state index < -0.39 is 5.91 Å². The number of nitrogens with one attached hydrogen (secondary N) is 2. The molecule has 0 aliphatic heterocycles. The Kier molecular flexibility index (Phi) is 6.72. The molecule has 1 unspecified atom stereocenters. The summed E-state index contributed by atoms with van der Waals surface area (Å²) in [7, 11) is 0. The number of hydrogen-bond acceptors (Lipinski definition) is 3. The van der Waals surface area contributed by atoms with Crippen molar-refractivity contribution in [3.63, 3.8) is 0 Å². The molecule has 2 aromatic rings. The molecule has 0 radical (unpaired) electrons. The zero-order valence-corrected chi connectivity index (χ0v) is 17.5. The average molecular weight is 388 g/mol. The lowest BCUT2D eigenvalue weighted by Crippen LogP contribution is -2.19. The fraction of sp³-hybridized carbons (Fsp3) is 0.360. The van der Waals surface area contributed by atoms with Gasteiger partial charge in [-0.1, -0.05) is 44.2 Å². The monoisotopic (exact) mass is 387 g/mol. The summed E-state index contributed by atoms with van der Waals surface area (Å²) in [6.07, 6.45) is 6.32. The molecule has 1 atom stereocenters. The van der Waals surface area contributed by atoms with Gasteiger partial charge >= 0.3 is 0 Å². The van der Waals surface area contributed by atoms with Crippen LogP contribution >= 0.6 is 0 Å². The van der Waals surface area contributed by atoms with Gasteiger partial charge in [-0.15, -0.1) is 0 Å². The zero-order chi connectivity index (χ0) is 20.8. The van der Waals surface area contributed by atoms with E-state index in [1.54, 1.807) is 0 Å². The van der Waals surface area contributed by atoms with E-state index in [1.165, 1.54) is 41.3 Å². The molecule has 0 saturated carbocycles. The van der Waals surface area contributed by atoms with Crippen LogP contribution in [0.3, 0.4) is 0 Å². The van der Waals surface area contributed by atoms with Crippen LogP contribution in [0.2, 0.25) is 0 Å². The van der Waals surface area contributed by atoms with Crippen LogP contribution in [0.25, 0.3) is 0 Å². The minimum atomic E-state index is -0.407. The van der Waals surface area contributed by atoms with Crippen LogP contribution in [0.4, 0.5) is 5.69 Å². The number of nitriles is 1. The van der Waals surface area contributed by atoms with Crippen LogP contribution in [0.1, 0.15) is 67.8 Å². The van der Waals surface area contributed by atoms with E-state index in [1.807, 2.05) is 37.3 Å². The van der Waals surface area contributed by atoms with Gasteiger partial charge in [0.05, 0.1) is 0 Å². The lowest BCUT2D eigenvalue weighted by atomic mass is 9.89. The van der Waals surface area contributed by atoms with Gasteiger partial charge in [0.1, 0.15) is 11.6 Å². The lowest BCUT2D eigenvalue weighted by molar-refractivity contribution is -0.112. The van der Waals surface area contributed by atoms with Gasteiger partial charge in [-0.2, -0.15) is 5.26 Å². The van der Waals surface area contributed by atoms with Crippen molar-refractivity contribution in [2.75, 3.05) is 5.32 Å². The minimum absolute atomic E-state index is 0.0173. The number of benzene rings is 2. The normalized spacial score (nSPS) is 14.7. The molecule has 0 aromatic heterocycles. The summed E-state index contributed by atoms with van der Waals surface area (Å²) in [5, 5.41) is 15.4. The quantitative estimate of drug-likeness (QED) is 0.516. The molecule has 0 fully saturated rings. The Labute approximate surface area is 173 Å². The Morgan fingerprint density at radius 2 is 1.66 bits per heavy atom. The molecule has 2 aromatic carbocycles. The molecule has 0 bridgehead atoms. The van der Waals surface area contributed by atoms with Gasteiger partial charge in [-0.25, -0.2) is 0 Å². The Balaban J connectivity index is 1.64. The number of fused-ring (bicyclic) bond motifs is 1. The molecule has 1 aliphatic carbocycles. The SMILES string of the molecule is CC(C)c1ccc(NC(=O)/C(C#N)=C\NC(C)c2ccc3c(c2)CCCC3)cc1. The Morgan fingerprint density at radius 3 is 2.31 bits per heavy atom. The average Bonchev–Trinajstić information content (AvgIpc) is 2.74. The maximum absolute atomic E-state index is 12.5. The second-order valence-corrected chi connectivity index (χ2v) is 8.02. The highest BCUT2D eigenvalue weighted by Crippen LogP contribution is 2.25. The van der Waals surface area contributed by atoms with Crippen LogP contribution in [0.15, 0.2) is 54.2 Å². The lowest BCUT2D eigenvalue weighted by Gasteiger charge is -2.19. The number of amides is 1. The van der Waals surface area contributed by atoms with E-state index in [4.69, 9.17) is 0 Å². The van der Waals surface area contributed by atoms with Gasteiger partial charge in [0.15, 0.2) is 0 Å². The third-order valence-corrected chi connectivity index (χ3v) is 5.55. The van der Waals surface area contributed by atoms with Crippen molar-refractivity contribution in [2.45, 2.75) is 58.4 Å². The van der Waals surface area contributed by atoms with Gasteiger partial charge in [0.2, 0.25) is 0 Å². The van der Waals surface area contributed by atoms with Gasteiger partial charge in [0, 0.05) is 17.9 Å². The molecule has 0 heterocycles. The van der Waals surface area contributed by atoms with Crippen LogP contribution < -0.4 is 10.6 Å². The minimum Gasteiger partial charge on any atom is -0.383 e. The molecule has 0 saturated heterocycles. The van der Waals surface area contributed by atoms with Crippen molar-refractivity contribution < 1.29 is 4.79 Å². The number of aryl methyl sites for hydroxylation is 2. The molecule has 0 spiro atoms. The third kappa shape index (κ3) is 5.26. The molecule has 3 rings (SSSR count). The predicted octanol–water partition coefficient (Wildman–Crippen LogP) is 5.39. The Hall–Kier alpha value is -3.06. The number of carbonyl (C=O) groups excluding carboxylic acids is 1. The molecule has 4 heteroatoms. The topological polar surface area (TPSA) is 64.9 Å². The highest BCUT2D eigenvalue weighted by molar-refractivity contribution is 6.06. The summed E-state index contributed by atoms with van der Waals surface area (Å²) in [5.41, 5.74) is 5.99. The molecule has 1 aliphatic rings. The first-order valence-electron chi connectivity index (χ1n) is 10.4. The standard InChI is InChI=1S/C25H29N3O/c1-17(2)19-10-12-24(13-11-19)28-25(29)23(15-26)16-27-18(3)21-9-8-20-6-4-5-7-22(20)14-21/h8-14,16-18,27H,4-7H2,1-3H3,(H,28,29)/b23-16-. The molecular formula is C25H29N3O.